The molecule has 0 amide bonds. The minimum Gasteiger partial charge on any atom is -0.507 e. The molecule has 0 radical (unpaired) electrons. The van der Waals surface area contributed by atoms with E-state index in [1.165, 1.54) is 33.5 Å². The Kier molecular flexibility index (Phi) is 5.43. The maximum absolute atomic E-state index is 12.6. The molecule has 1 heterocycles. The largest absolute Gasteiger partial charge is 0.507 e. The number of aliphatic hydroxyl groups excluding tert-OH is 2. The first-order chi connectivity index (χ1) is 13.5. The molecule has 0 atom stereocenters. The number of hydrogen-bond donors (Lipinski definition) is 3. The van der Waals surface area contributed by atoms with E-state index in [0.717, 1.165) is 0 Å². The van der Waals surface area contributed by atoms with Crippen LogP contribution in [0.25, 0.3) is 22.3 Å². The summed E-state index contributed by atoms with van der Waals surface area (Å²) >= 11 is 0. The normalized spacial score (nSPS) is 10.9. The predicted octanol–water partition coefficient (Wildman–Crippen LogP) is 2.18. The second-order valence-electron chi connectivity index (χ2n) is 5.94. The van der Waals surface area contributed by atoms with E-state index < -0.39 is 24.4 Å². The van der Waals surface area contributed by atoms with Crippen LogP contribution in [0.15, 0.2) is 33.5 Å². The van der Waals surface area contributed by atoms with E-state index in [1.807, 2.05) is 0 Å². The highest BCUT2D eigenvalue weighted by Crippen LogP contribution is 2.41. The van der Waals surface area contributed by atoms with Gasteiger partial charge in [-0.2, -0.15) is 0 Å². The van der Waals surface area contributed by atoms with Gasteiger partial charge in [-0.1, -0.05) is 0 Å². The SMILES string of the molecule is COc1cc(-c2cc(=O)c3c(O)c(CO)c(CO)cc3o2)cc(OC)c1OC. The molecule has 0 saturated carbocycles. The van der Waals surface area contributed by atoms with Gasteiger partial charge in [0.2, 0.25) is 5.75 Å². The summed E-state index contributed by atoms with van der Waals surface area (Å²) in [5.41, 5.74) is 0.419. The molecule has 148 valence electrons. The lowest BCUT2D eigenvalue weighted by Crippen LogP contribution is -2.05. The van der Waals surface area contributed by atoms with Gasteiger partial charge in [0, 0.05) is 17.2 Å². The summed E-state index contributed by atoms with van der Waals surface area (Å²) in [5, 5.41) is 29.2. The third-order valence-electron chi connectivity index (χ3n) is 4.47. The number of aliphatic hydroxyl groups is 2. The fraction of sp³-hybridized carbons (Fsp3) is 0.250. The Morgan fingerprint density at radius 2 is 1.57 bits per heavy atom. The fourth-order valence-electron chi connectivity index (χ4n) is 3.08. The van der Waals surface area contributed by atoms with Crippen molar-refractivity contribution in [1.29, 1.82) is 0 Å². The minimum absolute atomic E-state index is 0.0718. The number of methoxy groups -OCH3 is 3. The highest BCUT2D eigenvalue weighted by molar-refractivity contribution is 5.87. The van der Waals surface area contributed by atoms with E-state index in [0.29, 0.717) is 22.8 Å². The van der Waals surface area contributed by atoms with Crippen molar-refractivity contribution in [3.05, 3.63) is 45.6 Å². The van der Waals surface area contributed by atoms with Crippen molar-refractivity contribution in [2.75, 3.05) is 21.3 Å². The molecule has 0 unspecified atom stereocenters. The molecular formula is C20H20O8. The van der Waals surface area contributed by atoms with Gasteiger partial charge in [-0.25, -0.2) is 0 Å². The quantitative estimate of drug-likeness (QED) is 0.588. The molecule has 0 aliphatic heterocycles. The third-order valence-corrected chi connectivity index (χ3v) is 4.47. The van der Waals surface area contributed by atoms with Gasteiger partial charge in [0.15, 0.2) is 16.9 Å². The Bertz CT molecular complexity index is 1060. The summed E-state index contributed by atoms with van der Waals surface area (Å²) in [4.78, 5) is 12.6. The number of hydrogen-bond acceptors (Lipinski definition) is 8. The second-order valence-corrected chi connectivity index (χ2v) is 5.94. The summed E-state index contributed by atoms with van der Waals surface area (Å²) in [6.07, 6.45) is 0. The van der Waals surface area contributed by atoms with Crippen molar-refractivity contribution in [2.24, 2.45) is 0 Å². The Morgan fingerprint density at radius 1 is 0.929 bits per heavy atom. The second kappa shape index (κ2) is 7.79. The van der Waals surface area contributed by atoms with E-state index in [4.69, 9.17) is 18.6 Å². The molecule has 3 rings (SSSR count). The molecule has 1 aromatic heterocycles. The van der Waals surface area contributed by atoms with Crippen LogP contribution >= 0.6 is 0 Å². The average Bonchev–Trinajstić information content (AvgIpc) is 2.71. The van der Waals surface area contributed by atoms with Gasteiger partial charge in [0.25, 0.3) is 0 Å². The number of rotatable bonds is 6. The highest BCUT2D eigenvalue weighted by Gasteiger charge is 2.19. The monoisotopic (exact) mass is 388 g/mol. The van der Waals surface area contributed by atoms with Crippen LogP contribution in [0.3, 0.4) is 0 Å². The third kappa shape index (κ3) is 3.12. The number of fused-ring (bicyclic) bond motifs is 1. The van der Waals surface area contributed by atoms with Crippen LogP contribution in [0.2, 0.25) is 0 Å². The van der Waals surface area contributed by atoms with E-state index in [-0.39, 0.29) is 27.9 Å². The van der Waals surface area contributed by atoms with E-state index in [1.54, 1.807) is 12.1 Å². The van der Waals surface area contributed by atoms with Crippen LogP contribution < -0.4 is 19.6 Å². The van der Waals surface area contributed by atoms with E-state index >= 15 is 0 Å². The molecule has 8 nitrogen and oxygen atoms in total. The Hall–Kier alpha value is -3.23. The summed E-state index contributed by atoms with van der Waals surface area (Å²) < 4.78 is 21.7. The zero-order chi connectivity index (χ0) is 20.4. The van der Waals surface area contributed by atoms with Gasteiger partial charge >= 0.3 is 0 Å². The zero-order valence-corrected chi connectivity index (χ0v) is 15.6. The Morgan fingerprint density at radius 3 is 2.07 bits per heavy atom. The number of ether oxygens (including phenoxy) is 3. The van der Waals surface area contributed by atoms with Crippen molar-refractivity contribution in [3.63, 3.8) is 0 Å². The van der Waals surface area contributed by atoms with Gasteiger partial charge in [0.1, 0.15) is 22.5 Å². The molecule has 0 aliphatic carbocycles. The highest BCUT2D eigenvalue weighted by atomic mass is 16.5. The van der Waals surface area contributed by atoms with Gasteiger partial charge in [-0.05, 0) is 23.8 Å². The van der Waals surface area contributed by atoms with Gasteiger partial charge < -0.3 is 33.9 Å². The molecule has 0 saturated heterocycles. The molecule has 0 fully saturated rings. The molecule has 0 aliphatic rings. The first-order valence-corrected chi connectivity index (χ1v) is 8.32. The van der Waals surface area contributed by atoms with Crippen molar-refractivity contribution < 1.29 is 33.9 Å². The number of phenols is 1. The van der Waals surface area contributed by atoms with E-state index in [9.17, 15) is 20.1 Å². The van der Waals surface area contributed by atoms with Gasteiger partial charge in [0.05, 0.1) is 34.5 Å². The molecule has 0 spiro atoms. The number of aromatic hydroxyl groups is 1. The summed E-state index contributed by atoms with van der Waals surface area (Å²) in [6.45, 7) is -0.955. The zero-order valence-electron chi connectivity index (χ0n) is 15.6. The summed E-state index contributed by atoms with van der Waals surface area (Å²) in [6, 6.07) is 5.90. The van der Waals surface area contributed by atoms with Crippen LogP contribution in [0, 0.1) is 0 Å². The van der Waals surface area contributed by atoms with Crippen LogP contribution in [-0.4, -0.2) is 36.6 Å². The fourth-order valence-corrected chi connectivity index (χ4v) is 3.08. The van der Waals surface area contributed by atoms with Crippen molar-refractivity contribution in [2.45, 2.75) is 13.2 Å². The molecule has 3 N–H and O–H groups in total. The standard InChI is InChI=1S/C20H20O8/c1-25-16-4-10(5-17(26-2)20(16)27-3)14-7-13(23)18-15(28-14)6-11(8-21)12(9-22)19(18)24/h4-7,21-22,24H,8-9H2,1-3H3. The molecule has 2 aromatic carbocycles. The lowest BCUT2D eigenvalue weighted by Gasteiger charge is -2.14. The molecular weight excluding hydrogens is 368 g/mol. The van der Waals surface area contributed by atoms with Crippen molar-refractivity contribution in [1.82, 2.24) is 0 Å². The molecule has 8 heteroatoms. The van der Waals surface area contributed by atoms with Crippen molar-refractivity contribution >= 4 is 11.0 Å². The summed E-state index contributed by atoms with van der Waals surface area (Å²) in [5.74, 6) is 0.957. The van der Waals surface area contributed by atoms with Crippen LogP contribution in [0.1, 0.15) is 11.1 Å². The van der Waals surface area contributed by atoms with E-state index in [2.05, 4.69) is 0 Å². The van der Waals surface area contributed by atoms with Crippen LogP contribution in [0.5, 0.6) is 23.0 Å². The maximum atomic E-state index is 12.6. The topological polar surface area (TPSA) is 119 Å². The molecule has 3 aromatic rings. The molecule has 0 bridgehead atoms. The molecule has 28 heavy (non-hydrogen) atoms. The first kappa shape index (κ1) is 19.5. The minimum atomic E-state index is -0.522. The Balaban J connectivity index is 2.30. The van der Waals surface area contributed by atoms with Crippen LogP contribution in [0.4, 0.5) is 0 Å². The van der Waals surface area contributed by atoms with Gasteiger partial charge in [-0.3, -0.25) is 4.79 Å². The first-order valence-electron chi connectivity index (χ1n) is 8.32. The predicted molar refractivity (Wildman–Crippen MR) is 101 cm³/mol. The lowest BCUT2D eigenvalue weighted by atomic mass is 10.0. The smallest absolute Gasteiger partial charge is 0.203 e. The van der Waals surface area contributed by atoms with Crippen molar-refractivity contribution in [3.8, 4) is 34.3 Å². The lowest BCUT2D eigenvalue weighted by molar-refractivity contribution is 0.255. The number of benzene rings is 2. The summed E-state index contributed by atoms with van der Waals surface area (Å²) in [7, 11) is 4.42. The Labute approximate surface area is 160 Å². The van der Waals surface area contributed by atoms with Gasteiger partial charge in [-0.15, -0.1) is 0 Å². The van der Waals surface area contributed by atoms with Crippen LogP contribution in [-0.2, 0) is 13.2 Å². The average molecular weight is 388 g/mol. The maximum Gasteiger partial charge on any atom is 0.203 e.